The van der Waals surface area contributed by atoms with Gasteiger partial charge in [0.2, 0.25) is 5.82 Å². The highest BCUT2D eigenvalue weighted by Gasteiger charge is 2.19. The van der Waals surface area contributed by atoms with Crippen molar-refractivity contribution in [3.8, 4) is 0 Å². The Morgan fingerprint density at radius 3 is 2.74 bits per heavy atom. The van der Waals surface area contributed by atoms with Gasteiger partial charge in [-0.3, -0.25) is 10.1 Å². The Labute approximate surface area is 134 Å². The molecule has 2 rings (SSSR count). The van der Waals surface area contributed by atoms with Crippen molar-refractivity contribution in [1.82, 2.24) is 4.98 Å². The Morgan fingerprint density at radius 1 is 1.30 bits per heavy atom. The number of rotatable bonds is 8. The van der Waals surface area contributed by atoms with Crippen LogP contribution >= 0.6 is 0 Å². The number of anilines is 1. The maximum atomic E-state index is 11.0. The summed E-state index contributed by atoms with van der Waals surface area (Å²) in [4.78, 5) is 16.1. The molecule has 1 aromatic carbocycles. The van der Waals surface area contributed by atoms with Crippen molar-refractivity contribution in [3.63, 3.8) is 0 Å². The van der Waals surface area contributed by atoms with E-state index in [1.54, 1.807) is 11.9 Å². The lowest BCUT2D eigenvalue weighted by molar-refractivity contribution is -0.384. The normalized spacial score (nSPS) is 11.9. The third-order valence-corrected chi connectivity index (χ3v) is 3.23. The molecule has 0 spiro atoms. The van der Waals surface area contributed by atoms with Crippen LogP contribution in [0.5, 0.6) is 0 Å². The van der Waals surface area contributed by atoms with E-state index in [9.17, 15) is 15.2 Å². The van der Waals surface area contributed by atoms with Crippen LogP contribution in [0.15, 0.2) is 48.7 Å². The fraction of sp³-hybridized carbons (Fsp3) is 0.312. The van der Waals surface area contributed by atoms with Crippen LogP contribution in [0.4, 0.5) is 11.5 Å². The van der Waals surface area contributed by atoms with Crippen LogP contribution in [0.1, 0.15) is 5.56 Å². The van der Waals surface area contributed by atoms with Gasteiger partial charge in [-0.2, -0.15) is 0 Å². The minimum Gasteiger partial charge on any atom is -0.389 e. The van der Waals surface area contributed by atoms with Gasteiger partial charge in [0.15, 0.2) is 0 Å². The van der Waals surface area contributed by atoms with Crippen LogP contribution in [0.2, 0.25) is 0 Å². The number of ether oxygens (including phenoxy) is 1. The second kappa shape index (κ2) is 8.21. The molecule has 1 heterocycles. The van der Waals surface area contributed by atoms with E-state index in [1.165, 1.54) is 18.3 Å². The number of aliphatic hydroxyl groups is 1. The molecule has 7 nitrogen and oxygen atoms in total. The third-order valence-electron chi connectivity index (χ3n) is 3.23. The molecule has 0 aliphatic carbocycles. The highest BCUT2D eigenvalue weighted by atomic mass is 16.6. The SMILES string of the molecule is CN(C[C@H](O)COCc1ccccc1)c1ncccc1[N+](=O)[O-]. The van der Waals surface area contributed by atoms with Crippen LogP contribution in [0.3, 0.4) is 0 Å². The zero-order valence-electron chi connectivity index (χ0n) is 12.8. The molecule has 0 aliphatic rings. The zero-order chi connectivity index (χ0) is 16.7. The van der Waals surface area contributed by atoms with Crippen molar-refractivity contribution in [2.24, 2.45) is 0 Å². The zero-order valence-corrected chi connectivity index (χ0v) is 12.8. The van der Waals surface area contributed by atoms with E-state index in [-0.39, 0.29) is 24.7 Å². The number of likely N-dealkylation sites (N-methyl/N-ethyl adjacent to an activating group) is 1. The Morgan fingerprint density at radius 2 is 2.04 bits per heavy atom. The number of aromatic nitrogens is 1. The molecule has 1 N–H and O–H groups in total. The van der Waals surface area contributed by atoms with E-state index in [0.29, 0.717) is 6.61 Å². The van der Waals surface area contributed by atoms with E-state index >= 15 is 0 Å². The summed E-state index contributed by atoms with van der Waals surface area (Å²) in [7, 11) is 1.65. The number of hydrogen-bond donors (Lipinski definition) is 1. The highest BCUT2D eigenvalue weighted by Crippen LogP contribution is 2.23. The van der Waals surface area contributed by atoms with Gasteiger partial charge in [-0.05, 0) is 11.6 Å². The van der Waals surface area contributed by atoms with Crippen LogP contribution in [-0.4, -0.2) is 41.3 Å². The molecule has 0 saturated heterocycles. The molecular weight excluding hydrogens is 298 g/mol. The number of aliphatic hydroxyl groups excluding tert-OH is 1. The summed E-state index contributed by atoms with van der Waals surface area (Å²) in [5.41, 5.74) is 0.931. The predicted octanol–water partition coefficient (Wildman–Crippen LogP) is 2.00. The monoisotopic (exact) mass is 317 g/mol. The molecule has 0 unspecified atom stereocenters. The molecule has 0 saturated carbocycles. The van der Waals surface area contributed by atoms with Crippen LogP contribution in [0, 0.1) is 10.1 Å². The molecule has 1 atom stereocenters. The van der Waals surface area contributed by atoms with Gasteiger partial charge in [0, 0.05) is 25.9 Å². The van der Waals surface area contributed by atoms with E-state index in [2.05, 4.69) is 4.98 Å². The molecule has 0 amide bonds. The second-order valence-corrected chi connectivity index (χ2v) is 5.14. The van der Waals surface area contributed by atoms with Crippen molar-refractivity contribution in [3.05, 3.63) is 64.3 Å². The first-order chi connectivity index (χ1) is 11.1. The summed E-state index contributed by atoms with van der Waals surface area (Å²) in [6.45, 7) is 0.734. The molecule has 2 aromatic rings. The lowest BCUT2D eigenvalue weighted by atomic mass is 10.2. The van der Waals surface area contributed by atoms with Gasteiger partial charge in [-0.15, -0.1) is 0 Å². The Bertz CT molecular complexity index is 636. The van der Waals surface area contributed by atoms with Gasteiger partial charge in [0.1, 0.15) is 0 Å². The molecular formula is C16H19N3O4. The Hall–Kier alpha value is -2.51. The largest absolute Gasteiger partial charge is 0.389 e. The third kappa shape index (κ3) is 5.01. The van der Waals surface area contributed by atoms with Gasteiger partial charge in [-0.1, -0.05) is 30.3 Å². The van der Waals surface area contributed by atoms with Crippen molar-refractivity contribution in [1.29, 1.82) is 0 Å². The number of hydrogen-bond acceptors (Lipinski definition) is 6. The van der Waals surface area contributed by atoms with E-state index in [0.717, 1.165) is 5.56 Å². The molecule has 122 valence electrons. The standard InChI is InChI=1S/C16H19N3O4/c1-18(16-15(19(21)22)8-5-9-17-16)10-14(20)12-23-11-13-6-3-2-4-7-13/h2-9,14,20H,10-12H2,1H3/t14-/m0/s1. The van der Waals surface area contributed by atoms with Gasteiger partial charge in [0.05, 0.1) is 24.2 Å². The van der Waals surface area contributed by atoms with E-state index in [1.807, 2.05) is 30.3 Å². The number of benzene rings is 1. The van der Waals surface area contributed by atoms with Crippen molar-refractivity contribution < 1.29 is 14.8 Å². The predicted molar refractivity (Wildman–Crippen MR) is 86.3 cm³/mol. The van der Waals surface area contributed by atoms with Gasteiger partial charge in [0.25, 0.3) is 0 Å². The maximum Gasteiger partial charge on any atom is 0.311 e. The summed E-state index contributed by atoms with van der Waals surface area (Å²) in [6.07, 6.45) is 0.710. The first kappa shape index (κ1) is 16.9. The molecule has 0 fully saturated rings. The first-order valence-corrected chi connectivity index (χ1v) is 7.18. The van der Waals surface area contributed by atoms with Crippen LogP contribution in [0.25, 0.3) is 0 Å². The van der Waals surface area contributed by atoms with Crippen molar-refractivity contribution in [2.45, 2.75) is 12.7 Å². The average molecular weight is 317 g/mol. The molecule has 7 heteroatoms. The lowest BCUT2D eigenvalue weighted by Crippen LogP contribution is -2.33. The fourth-order valence-electron chi connectivity index (χ4n) is 2.17. The number of pyridine rings is 1. The number of nitro groups is 1. The fourth-order valence-corrected chi connectivity index (χ4v) is 2.17. The van der Waals surface area contributed by atoms with Crippen LogP contribution < -0.4 is 4.90 Å². The van der Waals surface area contributed by atoms with E-state index in [4.69, 9.17) is 4.74 Å². The Kier molecular flexibility index (Phi) is 6.02. The molecule has 1 aromatic heterocycles. The van der Waals surface area contributed by atoms with E-state index < -0.39 is 11.0 Å². The summed E-state index contributed by atoms with van der Waals surface area (Å²) in [6, 6.07) is 12.5. The molecule has 0 radical (unpaired) electrons. The van der Waals surface area contributed by atoms with Crippen molar-refractivity contribution in [2.75, 3.05) is 25.1 Å². The summed E-state index contributed by atoms with van der Waals surface area (Å²) < 4.78 is 5.46. The molecule has 0 bridgehead atoms. The van der Waals surface area contributed by atoms with Crippen LogP contribution in [-0.2, 0) is 11.3 Å². The number of nitrogens with zero attached hydrogens (tertiary/aromatic N) is 3. The summed E-state index contributed by atoms with van der Waals surface area (Å²) in [5.74, 6) is 0.222. The minimum atomic E-state index is -0.773. The topological polar surface area (TPSA) is 88.7 Å². The average Bonchev–Trinajstić information content (AvgIpc) is 2.55. The minimum absolute atomic E-state index is 0.0904. The second-order valence-electron chi connectivity index (χ2n) is 5.14. The quantitative estimate of drug-likeness (QED) is 0.592. The maximum absolute atomic E-state index is 11.0. The molecule has 23 heavy (non-hydrogen) atoms. The van der Waals surface area contributed by atoms with Gasteiger partial charge in [-0.25, -0.2) is 4.98 Å². The highest BCUT2D eigenvalue weighted by molar-refractivity contribution is 5.56. The smallest absolute Gasteiger partial charge is 0.311 e. The summed E-state index contributed by atoms with van der Waals surface area (Å²) >= 11 is 0. The molecule has 0 aliphatic heterocycles. The van der Waals surface area contributed by atoms with Gasteiger partial charge < -0.3 is 14.7 Å². The summed E-state index contributed by atoms with van der Waals surface area (Å²) in [5, 5.41) is 21.0. The first-order valence-electron chi connectivity index (χ1n) is 7.18. The Balaban J connectivity index is 1.85. The van der Waals surface area contributed by atoms with Crippen molar-refractivity contribution >= 4 is 11.5 Å². The lowest BCUT2D eigenvalue weighted by Gasteiger charge is -2.21. The van der Waals surface area contributed by atoms with Gasteiger partial charge >= 0.3 is 5.69 Å².